The third-order valence-corrected chi connectivity index (χ3v) is 4.60. The maximum atomic E-state index is 12.3. The van der Waals surface area contributed by atoms with Crippen LogP contribution in [0.2, 0.25) is 5.02 Å². The minimum atomic E-state index is -0.0506. The molecule has 0 spiro atoms. The lowest BCUT2D eigenvalue weighted by atomic mass is 10.0. The molecule has 2 heterocycles. The van der Waals surface area contributed by atoms with Crippen LogP contribution in [0, 0.1) is 0 Å². The molecule has 2 N–H and O–H groups in total. The molecule has 1 aromatic carbocycles. The molecule has 0 saturated heterocycles. The average molecular weight is 334 g/mol. The van der Waals surface area contributed by atoms with Crippen LogP contribution in [-0.2, 0) is 19.5 Å². The smallest absolute Gasteiger partial charge is 0.255 e. The van der Waals surface area contributed by atoms with Crippen molar-refractivity contribution >= 4 is 11.6 Å². The van der Waals surface area contributed by atoms with Crippen molar-refractivity contribution in [1.82, 2.24) is 14.9 Å². The zero-order chi connectivity index (χ0) is 16.6. The summed E-state index contributed by atoms with van der Waals surface area (Å²) in [5.74, 6) is 1.04. The van der Waals surface area contributed by atoms with Gasteiger partial charge in [0.25, 0.3) is 5.56 Å². The summed E-state index contributed by atoms with van der Waals surface area (Å²) in [5.41, 5.74) is 2.44. The molecule has 122 valence electrons. The molecule has 0 unspecified atom stereocenters. The number of aromatic hydroxyl groups is 1. The van der Waals surface area contributed by atoms with Gasteiger partial charge in [-0.3, -0.25) is 9.69 Å². The maximum Gasteiger partial charge on any atom is 0.255 e. The highest BCUT2D eigenvalue weighted by atomic mass is 35.5. The van der Waals surface area contributed by atoms with Crippen molar-refractivity contribution < 1.29 is 5.11 Å². The minimum Gasteiger partial charge on any atom is -0.506 e. The van der Waals surface area contributed by atoms with Crippen molar-refractivity contribution in [3.05, 3.63) is 56.2 Å². The van der Waals surface area contributed by atoms with Crippen molar-refractivity contribution in [2.75, 3.05) is 6.54 Å². The number of nitrogens with zero attached hydrogens (tertiary/aromatic N) is 2. The van der Waals surface area contributed by atoms with E-state index in [4.69, 9.17) is 11.6 Å². The zero-order valence-corrected chi connectivity index (χ0v) is 14.0. The van der Waals surface area contributed by atoms with Gasteiger partial charge in [0.15, 0.2) is 0 Å². The molecular weight excluding hydrogens is 314 g/mol. The van der Waals surface area contributed by atoms with E-state index in [0.29, 0.717) is 18.1 Å². The van der Waals surface area contributed by atoms with Crippen LogP contribution in [0.3, 0.4) is 0 Å². The summed E-state index contributed by atoms with van der Waals surface area (Å²) < 4.78 is 0. The molecule has 23 heavy (non-hydrogen) atoms. The number of nitrogens with one attached hydrogen (secondary N) is 1. The maximum absolute atomic E-state index is 12.3. The van der Waals surface area contributed by atoms with Crippen molar-refractivity contribution in [2.24, 2.45) is 0 Å². The Morgan fingerprint density at radius 1 is 1.43 bits per heavy atom. The minimum absolute atomic E-state index is 0.0506. The van der Waals surface area contributed by atoms with Gasteiger partial charge in [-0.1, -0.05) is 37.6 Å². The number of phenols is 1. The van der Waals surface area contributed by atoms with E-state index in [1.165, 1.54) is 0 Å². The molecule has 0 bridgehead atoms. The number of aromatic amines is 1. The van der Waals surface area contributed by atoms with E-state index in [1.807, 2.05) is 19.9 Å². The highest BCUT2D eigenvalue weighted by molar-refractivity contribution is 6.32. The first-order valence-electron chi connectivity index (χ1n) is 7.76. The van der Waals surface area contributed by atoms with Crippen LogP contribution in [0.1, 0.15) is 42.4 Å². The second kappa shape index (κ2) is 6.34. The van der Waals surface area contributed by atoms with Gasteiger partial charge in [0.2, 0.25) is 0 Å². The van der Waals surface area contributed by atoms with Crippen LogP contribution in [0.15, 0.2) is 23.0 Å². The molecule has 1 aliphatic heterocycles. The van der Waals surface area contributed by atoms with Gasteiger partial charge in [-0.05, 0) is 11.6 Å². The second-order valence-electron chi connectivity index (χ2n) is 6.24. The van der Waals surface area contributed by atoms with E-state index < -0.39 is 0 Å². The Hall–Kier alpha value is -1.85. The van der Waals surface area contributed by atoms with Crippen molar-refractivity contribution in [1.29, 1.82) is 0 Å². The predicted octanol–water partition coefficient (Wildman–Crippen LogP) is 2.81. The first kappa shape index (κ1) is 16.0. The van der Waals surface area contributed by atoms with E-state index in [9.17, 15) is 9.90 Å². The average Bonchev–Trinajstić information content (AvgIpc) is 2.52. The monoisotopic (exact) mass is 333 g/mol. The largest absolute Gasteiger partial charge is 0.506 e. The Labute approximate surface area is 139 Å². The SMILES string of the molecule is CC(C)c1nc2c(c(=O)[nH]1)CN(Cc1cccc(O)c1Cl)CC2. The number of rotatable bonds is 3. The molecule has 3 rings (SSSR count). The summed E-state index contributed by atoms with van der Waals surface area (Å²) in [7, 11) is 0. The molecule has 0 fully saturated rings. The van der Waals surface area contributed by atoms with E-state index in [2.05, 4.69) is 14.9 Å². The Morgan fingerprint density at radius 2 is 2.22 bits per heavy atom. The van der Waals surface area contributed by atoms with Gasteiger partial charge in [-0.2, -0.15) is 0 Å². The zero-order valence-electron chi connectivity index (χ0n) is 13.3. The number of phenolic OH excluding ortho intramolecular Hbond substituents is 1. The number of H-pyrrole nitrogens is 1. The van der Waals surface area contributed by atoms with Crippen LogP contribution in [0.25, 0.3) is 0 Å². The molecule has 0 saturated carbocycles. The number of fused-ring (bicyclic) bond motifs is 1. The molecule has 0 radical (unpaired) electrons. The lowest BCUT2D eigenvalue weighted by molar-refractivity contribution is 0.241. The lowest BCUT2D eigenvalue weighted by Gasteiger charge is -2.28. The van der Waals surface area contributed by atoms with Gasteiger partial charge < -0.3 is 10.1 Å². The molecule has 2 aromatic rings. The van der Waals surface area contributed by atoms with Crippen LogP contribution in [0.5, 0.6) is 5.75 Å². The molecule has 0 aliphatic carbocycles. The van der Waals surface area contributed by atoms with Crippen LogP contribution >= 0.6 is 11.6 Å². The Morgan fingerprint density at radius 3 is 2.96 bits per heavy atom. The van der Waals surface area contributed by atoms with Gasteiger partial charge in [0.1, 0.15) is 11.6 Å². The summed E-state index contributed by atoms with van der Waals surface area (Å²) in [6, 6.07) is 5.24. The summed E-state index contributed by atoms with van der Waals surface area (Å²) in [6.07, 6.45) is 0.745. The fraction of sp³-hybridized carbons (Fsp3) is 0.412. The Kier molecular flexibility index (Phi) is 4.41. The fourth-order valence-electron chi connectivity index (χ4n) is 2.84. The number of aromatic nitrogens is 2. The predicted molar refractivity (Wildman–Crippen MR) is 89.9 cm³/mol. The van der Waals surface area contributed by atoms with Crippen molar-refractivity contribution in [3.8, 4) is 5.75 Å². The van der Waals surface area contributed by atoms with Gasteiger partial charge in [-0.15, -0.1) is 0 Å². The summed E-state index contributed by atoms with van der Waals surface area (Å²) >= 11 is 6.14. The number of hydrogen-bond donors (Lipinski definition) is 2. The quantitative estimate of drug-likeness (QED) is 0.906. The van der Waals surface area contributed by atoms with Crippen molar-refractivity contribution in [3.63, 3.8) is 0 Å². The van der Waals surface area contributed by atoms with E-state index in [1.54, 1.807) is 12.1 Å². The molecule has 0 amide bonds. The summed E-state index contributed by atoms with van der Waals surface area (Å²) in [4.78, 5) is 21.9. The lowest BCUT2D eigenvalue weighted by Crippen LogP contribution is -2.36. The second-order valence-corrected chi connectivity index (χ2v) is 6.62. The Balaban J connectivity index is 1.83. The van der Waals surface area contributed by atoms with Gasteiger partial charge in [0.05, 0.1) is 16.3 Å². The topological polar surface area (TPSA) is 69.2 Å². The van der Waals surface area contributed by atoms with Crippen LogP contribution < -0.4 is 5.56 Å². The Bertz CT molecular complexity index is 786. The first-order valence-corrected chi connectivity index (χ1v) is 8.14. The standard InChI is InChI=1S/C17H20ClN3O2/c1-10(2)16-19-13-6-7-21(9-12(13)17(23)20-16)8-11-4-3-5-14(22)15(11)18/h3-5,10,22H,6-9H2,1-2H3,(H,19,20,23). The first-order chi connectivity index (χ1) is 11.0. The number of hydrogen-bond acceptors (Lipinski definition) is 4. The van der Waals surface area contributed by atoms with Gasteiger partial charge in [0, 0.05) is 32.0 Å². The number of benzene rings is 1. The molecular formula is C17H20ClN3O2. The fourth-order valence-corrected chi connectivity index (χ4v) is 3.02. The molecule has 5 nitrogen and oxygen atoms in total. The van der Waals surface area contributed by atoms with E-state index in [0.717, 1.165) is 35.6 Å². The highest BCUT2D eigenvalue weighted by Gasteiger charge is 2.22. The van der Waals surface area contributed by atoms with Gasteiger partial charge in [-0.25, -0.2) is 4.98 Å². The van der Waals surface area contributed by atoms with Crippen LogP contribution in [-0.4, -0.2) is 26.5 Å². The molecule has 1 aliphatic rings. The highest BCUT2D eigenvalue weighted by Crippen LogP contribution is 2.28. The normalized spacial score (nSPS) is 15.0. The molecule has 1 aromatic heterocycles. The third-order valence-electron chi connectivity index (χ3n) is 4.17. The summed E-state index contributed by atoms with van der Waals surface area (Å²) in [5, 5.41) is 10.1. The van der Waals surface area contributed by atoms with Crippen LogP contribution in [0.4, 0.5) is 0 Å². The third kappa shape index (κ3) is 3.26. The van der Waals surface area contributed by atoms with Gasteiger partial charge >= 0.3 is 0 Å². The molecule has 6 heteroatoms. The van der Waals surface area contributed by atoms with E-state index >= 15 is 0 Å². The van der Waals surface area contributed by atoms with E-state index in [-0.39, 0.29) is 17.2 Å². The summed E-state index contributed by atoms with van der Waals surface area (Å²) in [6.45, 7) is 5.99. The number of halogens is 1. The van der Waals surface area contributed by atoms with Crippen molar-refractivity contribution in [2.45, 2.75) is 39.3 Å². The molecule has 0 atom stereocenters.